The van der Waals surface area contributed by atoms with Crippen molar-refractivity contribution >= 4 is 17.7 Å². The van der Waals surface area contributed by atoms with Gasteiger partial charge in [0.25, 0.3) is 5.91 Å². The van der Waals surface area contributed by atoms with Crippen LogP contribution in [0.15, 0.2) is 72.3 Å². The fourth-order valence-electron chi connectivity index (χ4n) is 3.29. The van der Waals surface area contributed by atoms with E-state index < -0.39 is 5.91 Å². The molecule has 1 aliphatic rings. The molecule has 4 rings (SSSR count). The van der Waals surface area contributed by atoms with Crippen molar-refractivity contribution in [3.05, 3.63) is 83.4 Å². The lowest BCUT2D eigenvalue weighted by molar-refractivity contribution is -0.112. The molecular weight excluding hydrogens is 432 g/mol. The number of rotatable bonds is 8. The van der Waals surface area contributed by atoms with E-state index in [1.807, 2.05) is 44.2 Å². The standard InChI is InChI=1S/C27H24N2O5/c1-18(2)34-24-5-3-4-22(14-24)29-27(30)21(15-28)12-19-6-9-23(10-7-19)31-16-20-8-11-25-26(13-20)33-17-32-25/h3-14,18H,16-17H2,1-2H3,(H,29,30)/b21-12-. The third kappa shape index (κ3) is 5.87. The minimum atomic E-state index is -0.493. The van der Waals surface area contributed by atoms with Crippen LogP contribution in [0.25, 0.3) is 6.08 Å². The lowest BCUT2D eigenvalue weighted by atomic mass is 10.1. The van der Waals surface area contributed by atoms with Gasteiger partial charge in [0.1, 0.15) is 29.7 Å². The Balaban J connectivity index is 1.37. The number of hydrogen-bond acceptors (Lipinski definition) is 6. The molecule has 172 valence electrons. The molecule has 3 aromatic carbocycles. The van der Waals surface area contributed by atoms with Crippen molar-refractivity contribution in [1.82, 2.24) is 0 Å². The Morgan fingerprint density at radius 2 is 1.85 bits per heavy atom. The van der Waals surface area contributed by atoms with E-state index in [1.165, 1.54) is 6.08 Å². The predicted octanol–water partition coefficient (Wildman–Crippen LogP) is 5.33. The molecule has 0 saturated carbocycles. The summed E-state index contributed by atoms with van der Waals surface area (Å²) in [6, 6.07) is 21.9. The molecule has 34 heavy (non-hydrogen) atoms. The first-order valence-corrected chi connectivity index (χ1v) is 10.8. The van der Waals surface area contributed by atoms with E-state index in [1.54, 1.807) is 42.5 Å². The second-order valence-corrected chi connectivity index (χ2v) is 7.86. The van der Waals surface area contributed by atoms with Gasteiger partial charge in [-0.25, -0.2) is 0 Å². The van der Waals surface area contributed by atoms with Gasteiger partial charge in [-0.1, -0.05) is 24.3 Å². The Labute approximate surface area is 198 Å². The number of nitriles is 1. The largest absolute Gasteiger partial charge is 0.491 e. The molecule has 0 unspecified atom stereocenters. The number of carbonyl (C=O) groups excluding carboxylic acids is 1. The van der Waals surface area contributed by atoms with E-state index in [-0.39, 0.29) is 18.5 Å². The van der Waals surface area contributed by atoms with Crippen LogP contribution < -0.4 is 24.3 Å². The summed E-state index contributed by atoms with van der Waals surface area (Å²) in [6.07, 6.45) is 1.55. The van der Waals surface area contributed by atoms with E-state index in [4.69, 9.17) is 18.9 Å². The minimum Gasteiger partial charge on any atom is -0.491 e. The van der Waals surface area contributed by atoms with E-state index in [0.717, 1.165) is 11.3 Å². The molecule has 1 heterocycles. The fourth-order valence-corrected chi connectivity index (χ4v) is 3.29. The SMILES string of the molecule is CC(C)Oc1cccc(NC(=O)/C(C#N)=C\c2ccc(OCc3ccc4c(c3)OCO4)cc2)c1. The molecule has 0 aliphatic carbocycles. The van der Waals surface area contributed by atoms with Crippen LogP contribution in [0.5, 0.6) is 23.0 Å². The van der Waals surface area contributed by atoms with Gasteiger partial charge in [0, 0.05) is 11.8 Å². The van der Waals surface area contributed by atoms with Crippen molar-refractivity contribution in [2.45, 2.75) is 26.6 Å². The molecule has 7 nitrogen and oxygen atoms in total. The van der Waals surface area contributed by atoms with Crippen molar-refractivity contribution in [3.63, 3.8) is 0 Å². The third-order valence-electron chi connectivity index (χ3n) is 4.86. The average Bonchev–Trinajstić information content (AvgIpc) is 3.29. The van der Waals surface area contributed by atoms with Crippen LogP contribution in [0, 0.1) is 11.3 Å². The maximum absolute atomic E-state index is 12.6. The highest BCUT2D eigenvalue weighted by Crippen LogP contribution is 2.32. The molecule has 1 aliphatic heterocycles. The first kappa shape index (κ1) is 22.7. The number of ether oxygens (including phenoxy) is 4. The molecule has 0 bridgehead atoms. The van der Waals surface area contributed by atoms with Gasteiger partial charge in [-0.05, 0) is 67.4 Å². The number of fused-ring (bicyclic) bond motifs is 1. The van der Waals surface area contributed by atoms with Crippen LogP contribution >= 0.6 is 0 Å². The van der Waals surface area contributed by atoms with Crippen LogP contribution in [0.2, 0.25) is 0 Å². The summed E-state index contributed by atoms with van der Waals surface area (Å²) in [4.78, 5) is 12.6. The Kier molecular flexibility index (Phi) is 6.99. The molecule has 7 heteroatoms. The summed E-state index contributed by atoms with van der Waals surface area (Å²) in [6.45, 7) is 4.46. The average molecular weight is 456 g/mol. The Bertz CT molecular complexity index is 1240. The number of hydrogen-bond donors (Lipinski definition) is 1. The summed E-state index contributed by atoms with van der Waals surface area (Å²) in [5, 5.41) is 12.2. The fraction of sp³-hybridized carbons (Fsp3) is 0.185. The molecule has 0 fully saturated rings. The number of benzene rings is 3. The maximum atomic E-state index is 12.6. The second-order valence-electron chi connectivity index (χ2n) is 7.86. The van der Waals surface area contributed by atoms with Crippen molar-refractivity contribution in [3.8, 4) is 29.1 Å². The summed E-state index contributed by atoms with van der Waals surface area (Å²) in [5.74, 6) is 2.26. The number of nitrogens with one attached hydrogen (secondary N) is 1. The van der Waals surface area contributed by atoms with Crippen LogP contribution in [-0.4, -0.2) is 18.8 Å². The van der Waals surface area contributed by atoms with Gasteiger partial charge >= 0.3 is 0 Å². The van der Waals surface area contributed by atoms with Crippen molar-refractivity contribution in [1.29, 1.82) is 5.26 Å². The van der Waals surface area contributed by atoms with Crippen molar-refractivity contribution in [2.75, 3.05) is 12.1 Å². The molecule has 0 saturated heterocycles. The lowest BCUT2D eigenvalue weighted by Crippen LogP contribution is -2.13. The maximum Gasteiger partial charge on any atom is 0.266 e. The zero-order chi connectivity index (χ0) is 23.9. The molecule has 0 spiro atoms. The Morgan fingerprint density at radius 3 is 2.62 bits per heavy atom. The van der Waals surface area contributed by atoms with Crippen molar-refractivity contribution < 1.29 is 23.7 Å². The lowest BCUT2D eigenvalue weighted by Gasteiger charge is -2.11. The smallest absolute Gasteiger partial charge is 0.266 e. The van der Waals surface area contributed by atoms with E-state index >= 15 is 0 Å². The van der Waals surface area contributed by atoms with Gasteiger partial charge < -0.3 is 24.3 Å². The molecule has 3 aromatic rings. The van der Waals surface area contributed by atoms with E-state index in [2.05, 4.69) is 5.32 Å². The topological polar surface area (TPSA) is 89.8 Å². The number of anilines is 1. The normalized spacial score (nSPS) is 12.2. The first-order valence-electron chi connectivity index (χ1n) is 10.8. The van der Waals surface area contributed by atoms with Crippen LogP contribution in [-0.2, 0) is 11.4 Å². The van der Waals surface area contributed by atoms with E-state index in [0.29, 0.717) is 35.1 Å². The molecule has 0 aromatic heterocycles. The predicted molar refractivity (Wildman–Crippen MR) is 128 cm³/mol. The Morgan fingerprint density at radius 1 is 1.06 bits per heavy atom. The molecule has 1 N–H and O–H groups in total. The van der Waals surface area contributed by atoms with Gasteiger partial charge in [0.2, 0.25) is 6.79 Å². The monoisotopic (exact) mass is 456 g/mol. The minimum absolute atomic E-state index is 0.00999. The molecule has 1 amide bonds. The zero-order valence-corrected chi connectivity index (χ0v) is 18.9. The van der Waals surface area contributed by atoms with Gasteiger partial charge in [-0.15, -0.1) is 0 Å². The highest BCUT2D eigenvalue weighted by atomic mass is 16.7. The quantitative estimate of drug-likeness (QED) is 0.364. The molecule has 0 radical (unpaired) electrons. The van der Waals surface area contributed by atoms with Gasteiger partial charge in [-0.2, -0.15) is 5.26 Å². The summed E-state index contributed by atoms with van der Waals surface area (Å²) < 4.78 is 22.2. The summed E-state index contributed by atoms with van der Waals surface area (Å²) in [7, 11) is 0. The highest BCUT2D eigenvalue weighted by Gasteiger charge is 2.13. The van der Waals surface area contributed by atoms with Crippen LogP contribution in [0.1, 0.15) is 25.0 Å². The first-order chi connectivity index (χ1) is 16.5. The van der Waals surface area contributed by atoms with Gasteiger partial charge in [0.05, 0.1) is 6.10 Å². The summed E-state index contributed by atoms with van der Waals surface area (Å²) >= 11 is 0. The highest BCUT2D eigenvalue weighted by molar-refractivity contribution is 6.09. The van der Waals surface area contributed by atoms with Gasteiger partial charge in [-0.3, -0.25) is 4.79 Å². The van der Waals surface area contributed by atoms with Crippen LogP contribution in [0.4, 0.5) is 5.69 Å². The second kappa shape index (κ2) is 10.5. The molecular formula is C27H24N2O5. The number of carbonyl (C=O) groups is 1. The van der Waals surface area contributed by atoms with Crippen molar-refractivity contribution in [2.24, 2.45) is 0 Å². The summed E-state index contributed by atoms with van der Waals surface area (Å²) in [5.41, 5.74) is 2.21. The number of amides is 1. The van der Waals surface area contributed by atoms with Crippen LogP contribution in [0.3, 0.4) is 0 Å². The third-order valence-corrected chi connectivity index (χ3v) is 4.86. The Hall–Kier alpha value is -4.44. The van der Waals surface area contributed by atoms with Gasteiger partial charge in [0.15, 0.2) is 11.5 Å². The molecule has 0 atom stereocenters. The number of nitrogens with zero attached hydrogens (tertiary/aromatic N) is 1. The zero-order valence-electron chi connectivity index (χ0n) is 18.9. The van der Waals surface area contributed by atoms with E-state index in [9.17, 15) is 10.1 Å².